The first-order valence-electron chi connectivity index (χ1n) is 5.69. The van der Waals surface area contributed by atoms with Gasteiger partial charge in [0.15, 0.2) is 0 Å². The van der Waals surface area contributed by atoms with E-state index in [4.69, 9.17) is 5.11 Å². The maximum atomic E-state index is 11.2. The molecule has 17 heavy (non-hydrogen) atoms. The Kier molecular flexibility index (Phi) is 3.53. The van der Waals surface area contributed by atoms with Crippen molar-refractivity contribution in [3.8, 4) is 0 Å². The molecule has 1 atom stereocenters. The third-order valence-corrected chi connectivity index (χ3v) is 2.92. The first-order valence-corrected chi connectivity index (χ1v) is 5.69. The van der Waals surface area contributed by atoms with Crippen molar-refractivity contribution in [3.05, 3.63) is 28.4 Å². The van der Waals surface area contributed by atoms with Crippen LogP contribution in [0.4, 0.5) is 0 Å². The summed E-state index contributed by atoms with van der Waals surface area (Å²) in [4.78, 5) is 25.5. The van der Waals surface area contributed by atoms with Gasteiger partial charge in [-0.15, -0.1) is 0 Å². The fourth-order valence-corrected chi connectivity index (χ4v) is 2.03. The summed E-state index contributed by atoms with van der Waals surface area (Å²) in [6.45, 7) is 1.64. The molecular formula is C11H15N3O3. The van der Waals surface area contributed by atoms with Crippen LogP contribution in [0.25, 0.3) is 0 Å². The highest BCUT2D eigenvalue weighted by Gasteiger charge is 2.14. The molecule has 1 aromatic rings. The second-order valence-corrected chi connectivity index (χ2v) is 4.24. The number of piperidine rings is 1. The zero-order valence-electron chi connectivity index (χ0n) is 9.43. The van der Waals surface area contributed by atoms with Crippen LogP contribution in [0.15, 0.2) is 17.3 Å². The van der Waals surface area contributed by atoms with Gasteiger partial charge in [0, 0.05) is 18.8 Å². The Bertz CT molecular complexity index is 463. The molecule has 2 heterocycles. The molecule has 0 bridgehead atoms. The largest absolute Gasteiger partial charge is 0.477 e. The summed E-state index contributed by atoms with van der Waals surface area (Å²) in [6, 6.07) is 0.328. The van der Waals surface area contributed by atoms with Crippen LogP contribution in [0.2, 0.25) is 0 Å². The highest BCUT2D eigenvalue weighted by Crippen LogP contribution is 2.08. The number of carboxylic acids is 1. The fourth-order valence-electron chi connectivity index (χ4n) is 2.03. The van der Waals surface area contributed by atoms with E-state index in [0.717, 1.165) is 13.0 Å². The quantitative estimate of drug-likeness (QED) is 0.778. The van der Waals surface area contributed by atoms with Crippen LogP contribution in [0.1, 0.15) is 29.6 Å². The summed E-state index contributed by atoms with van der Waals surface area (Å²) >= 11 is 0. The maximum absolute atomic E-state index is 11.2. The Morgan fingerprint density at radius 1 is 1.59 bits per heavy atom. The molecule has 1 aromatic heterocycles. The minimum absolute atomic E-state index is 0.275. The summed E-state index contributed by atoms with van der Waals surface area (Å²) in [5.74, 6) is -1.23. The van der Waals surface area contributed by atoms with Gasteiger partial charge in [0.2, 0.25) is 0 Å². The zero-order valence-corrected chi connectivity index (χ0v) is 9.43. The third-order valence-electron chi connectivity index (χ3n) is 2.92. The number of carboxylic acid groups (broad SMARTS) is 1. The number of hydrogen-bond donors (Lipinski definition) is 2. The van der Waals surface area contributed by atoms with Gasteiger partial charge in [0.25, 0.3) is 5.56 Å². The number of aromatic nitrogens is 2. The first kappa shape index (κ1) is 11.8. The molecule has 1 fully saturated rings. The van der Waals surface area contributed by atoms with E-state index in [-0.39, 0.29) is 5.56 Å². The van der Waals surface area contributed by atoms with E-state index >= 15 is 0 Å². The van der Waals surface area contributed by atoms with Gasteiger partial charge >= 0.3 is 5.97 Å². The van der Waals surface area contributed by atoms with E-state index in [9.17, 15) is 9.59 Å². The van der Waals surface area contributed by atoms with Crippen molar-refractivity contribution in [2.24, 2.45) is 0 Å². The molecule has 0 saturated carbocycles. The van der Waals surface area contributed by atoms with E-state index in [0.29, 0.717) is 12.6 Å². The van der Waals surface area contributed by atoms with Crippen molar-refractivity contribution in [1.29, 1.82) is 0 Å². The maximum Gasteiger partial charge on any atom is 0.342 e. The van der Waals surface area contributed by atoms with Gasteiger partial charge in [-0.05, 0) is 19.4 Å². The van der Waals surface area contributed by atoms with Gasteiger partial charge in [-0.2, -0.15) is 4.98 Å². The van der Waals surface area contributed by atoms with Crippen LogP contribution in [-0.4, -0.2) is 33.2 Å². The average molecular weight is 237 g/mol. The molecule has 6 nitrogen and oxygen atoms in total. The second-order valence-electron chi connectivity index (χ2n) is 4.24. The van der Waals surface area contributed by atoms with Crippen molar-refractivity contribution in [3.63, 3.8) is 0 Å². The van der Waals surface area contributed by atoms with E-state index in [1.807, 2.05) is 0 Å². The highest BCUT2D eigenvalue weighted by atomic mass is 16.4. The van der Waals surface area contributed by atoms with Crippen LogP contribution < -0.4 is 10.9 Å². The van der Waals surface area contributed by atoms with E-state index in [1.54, 1.807) is 4.57 Å². The monoisotopic (exact) mass is 237 g/mol. The van der Waals surface area contributed by atoms with Crippen LogP contribution >= 0.6 is 0 Å². The molecule has 0 aromatic carbocycles. The Balaban J connectivity index is 2.13. The Morgan fingerprint density at radius 3 is 3.06 bits per heavy atom. The Labute approximate surface area is 98.3 Å². The number of nitrogens with zero attached hydrogens (tertiary/aromatic N) is 2. The summed E-state index contributed by atoms with van der Waals surface area (Å²) in [6.07, 6.45) is 6.17. The lowest BCUT2D eigenvalue weighted by molar-refractivity contribution is 0.0693. The molecule has 1 unspecified atom stereocenters. The summed E-state index contributed by atoms with van der Waals surface area (Å²) in [5.41, 5.74) is -0.964. The molecule has 2 N–H and O–H groups in total. The standard InChI is InChI=1S/C11H15N3O3/c15-10-9(11(16)17)6-14(7-13-10)5-8-3-1-2-4-12-8/h6-8,12H,1-5H2,(H,16,17). The second kappa shape index (κ2) is 5.09. The molecule has 0 aliphatic carbocycles. The SMILES string of the molecule is O=C(O)c1cn(CC2CCCCN2)cnc1=O. The molecule has 6 heteroatoms. The highest BCUT2D eigenvalue weighted by molar-refractivity contribution is 5.86. The van der Waals surface area contributed by atoms with E-state index in [2.05, 4.69) is 10.3 Å². The molecule has 92 valence electrons. The summed E-state index contributed by atoms with van der Waals surface area (Å²) in [7, 11) is 0. The minimum Gasteiger partial charge on any atom is -0.477 e. The van der Waals surface area contributed by atoms with Crippen LogP contribution in [0.5, 0.6) is 0 Å². The lowest BCUT2D eigenvalue weighted by Gasteiger charge is -2.24. The third kappa shape index (κ3) is 2.91. The Morgan fingerprint density at radius 2 is 2.41 bits per heavy atom. The minimum atomic E-state index is -1.23. The van der Waals surface area contributed by atoms with Gasteiger partial charge in [-0.3, -0.25) is 4.79 Å². The van der Waals surface area contributed by atoms with Gasteiger partial charge in [-0.25, -0.2) is 4.79 Å². The number of rotatable bonds is 3. The van der Waals surface area contributed by atoms with Gasteiger partial charge in [0.1, 0.15) is 5.56 Å². The fraction of sp³-hybridized carbons (Fsp3) is 0.545. The summed E-state index contributed by atoms with van der Waals surface area (Å²) in [5, 5.41) is 12.2. The van der Waals surface area contributed by atoms with Crippen molar-refractivity contribution >= 4 is 5.97 Å². The predicted octanol–water partition coefficient (Wildman–Crippen LogP) is 0.0836. The zero-order chi connectivity index (χ0) is 12.3. The normalized spacial score (nSPS) is 20.1. The molecule has 1 aliphatic heterocycles. The van der Waals surface area contributed by atoms with Crippen molar-refractivity contribution in [2.75, 3.05) is 6.54 Å². The van der Waals surface area contributed by atoms with Gasteiger partial charge in [0.05, 0.1) is 6.33 Å². The number of nitrogens with one attached hydrogen (secondary N) is 1. The molecular weight excluding hydrogens is 222 g/mol. The Hall–Kier alpha value is -1.69. The molecule has 0 radical (unpaired) electrons. The van der Waals surface area contributed by atoms with Crippen molar-refractivity contribution in [2.45, 2.75) is 31.8 Å². The molecule has 0 spiro atoms. The molecule has 1 aliphatic rings. The molecule has 1 saturated heterocycles. The lowest BCUT2D eigenvalue weighted by Crippen LogP contribution is -2.37. The van der Waals surface area contributed by atoms with Crippen molar-refractivity contribution in [1.82, 2.24) is 14.9 Å². The van der Waals surface area contributed by atoms with E-state index < -0.39 is 11.5 Å². The lowest BCUT2D eigenvalue weighted by atomic mass is 10.1. The summed E-state index contributed by atoms with van der Waals surface area (Å²) < 4.78 is 1.66. The number of aromatic carboxylic acids is 1. The smallest absolute Gasteiger partial charge is 0.342 e. The number of carbonyl (C=O) groups is 1. The topological polar surface area (TPSA) is 84.2 Å². The van der Waals surface area contributed by atoms with Gasteiger partial charge < -0.3 is 15.0 Å². The van der Waals surface area contributed by atoms with Gasteiger partial charge in [-0.1, -0.05) is 6.42 Å². The predicted molar refractivity (Wildman–Crippen MR) is 61.1 cm³/mol. The van der Waals surface area contributed by atoms with E-state index in [1.165, 1.54) is 25.4 Å². The molecule has 2 rings (SSSR count). The van der Waals surface area contributed by atoms with Crippen molar-refractivity contribution < 1.29 is 9.90 Å². The van der Waals surface area contributed by atoms with Crippen LogP contribution in [0.3, 0.4) is 0 Å². The molecule has 0 amide bonds. The first-order chi connectivity index (χ1) is 8.16. The number of hydrogen-bond acceptors (Lipinski definition) is 4. The average Bonchev–Trinajstić information content (AvgIpc) is 2.32. The van der Waals surface area contributed by atoms with Crippen LogP contribution in [0, 0.1) is 0 Å². The van der Waals surface area contributed by atoms with Crippen LogP contribution in [-0.2, 0) is 6.54 Å².